The Hall–Kier alpha value is -1.14. The number of hydrogen-bond acceptors (Lipinski definition) is 4. The van der Waals surface area contributed by atoms with Crippen molar-refractivity contribution in [2.75, 3.05) is 20.6 Å². The van der Waals surface area contributed by atoms with Crippen LogP contribution in [0.25, 0.3) is 5.57 Å². The van der Waals surface area contributed by atoms with Gasteiger partial charge in [-0.3, -0.25) is 0 Å². The highest BCUT2D eigenvalue weighted by Gasteiger charge is 2.28. The van der Waals surface area contributed by atoms with Gasteiger partial charge in [0.25, 0.3) is 0 Å². The third-order valence-electron chi connectivity index (χ3n) is 3.78. The lowest BCUT2D eigenvalue weighted by Gasteiger charge is -2.11. The SMILES string of the molecule is CN(C)CC/C=C1\c2ccccc2CS(=O)(=O)c2sccc21.Cl. The monoisotopic (exact) mass is 369 g/mol. The van der Waals surface area contributed by atoms with Crippen LogP contribution in [-0.4, -0.2) is 34.0 Å². The lowest BCUT2D eigenvalue weighted by atomic mass is 9.95. The normalized spacial score (nSPS) is 17.3. The van der Waals surface area contributed by atoms with Crippen LogP contribution in [0.1, 0.15) is 23.1 Å². The molecule has 124 valence electrons. The first-order valence-electron chi connectivity index (χ1n) is 7.23. The Morgan fingerprint density at radius 1 is 1.17 bits per heavy atom. The van der Waals surface area contributed by atoms with Crippen molar-refractivity contribution in [2.24, 2.45) is 0 Å². The summed E-state index contributed by atoms with van der Waals surface area (Å²) < 4.78 is 25.7. The van der Waals surface area contributed by atoms with E-state index < -0.39 is 9.84 Å². The van der Waals surface area contributed by atoms with Crippen LogP contribution in [0.3, 0.4) is 0 Å². The Balaban J connectivity index is 0.00000192. The summed E-state index contributed by atoms with van der Waals surface area (Å²) in [5, 5.41) is 1.87. The molecule has 0 fully saturated rings. The number of nitrogens with zero attached hydrogens (tertiary/aromatic N) is 1. The second-order valence-corrected chi connectivity index (χ2v) is 8.85. The molecule has 0 aliphatic carbocycles. The number of hydrogen-bond donors (Lipinski definition) is 0. The van der Waals surface area contributed by atoms with E-state index in [-0.39, 0.29) is 18.2 Å². The molecule has 1 aromatic heterocycles. The van der Waals surface area contributed by atoms with Gasteiger partial charge in [0.1, 0.15) is 4.21 Å². The second kappa shape index (κ2) is 7.18. The Morgan fingerprint density at radius 2 is 1.91 bits per heavy atom. The van der Waals surface area contributed by atoms with Gasteiger partial charge in [0.2, 0.25) is 0 Å². The van der Waals surface area contributed by atoms with Crippen molar-refractivity contribution in [3.63, 3.8) is 0 Å². The summed E-state index contributed by atoms with van der Waals surface area (Å²) in [6.07, 6.45) is 3.07. The van der Waals surface area contributed by atoms with Crippen LogP contribution in [0.4, 0.5) is 0 Å². The van der Waals surface area contributed by atoms with Gasteiger partial charge in [0.15, 0.2) is 9.84 Å². The molecule has 1 aliphatic heterocycles. The zero-order valence-electron chi connectivity index (χ0n) is 13.2. The lowest BCUT2D eigenvalue weighted by Crippen LogP contribution is -2.12. The maximum atomic E-state index is 12.6. The largest absolute Gasteiger partial charge is 0.309 e. The van der Waals surface area contributed by atoms with Gasteiger partial charge in [0.05, 0.1) is 5.75 Å². The summed E-state index contributed by atoms with van der Waals surface area (Å²) >= 11 is 1.32. The molecule has 23 heavy (non-hydrogen) atoms. The number of fused-ring (bicyclic) bond motifs is 2. The summed E-state index contributed by atoms with van der Waals surface area (Å²) in [5.41, 5.74) is 3.84. The van der Waals surface area contributed by atoms with E-state index in [4.69, 9.17) is 0 Å². The van der Waals surface area contributed by atoms with Crippen LogP contribution in [0, 0.1) is 0 Å². The molecule has 3 rings (SSSR count). The fourth-order valence-corrected chi connectivity index (χ4v) is 5.62. The summed E-state index contributed by atoms with van der Waals surface area (Å²) in [7, 11) is 0.828. The molecule has 0 unspecified atom stereocenters. The third kappa shape index (κ3) is 3.69. The minimum Gasteiger partial charge on any atom is -0.309 e. The molecule has 3 nitrogen and oxygen atoms in total. The zero-order valence-corrected chi connectivity index (χ0v) is 15.6. The maximum absolute atomic E-state index is 12.6. The number of sulfone groups is 1. The smallest absolute Gasteiger partial charge is 0.192 e. The summed E-state index contributed by atoms with van der Waals surface area (Å²) in [6, 6.07) is 9.76. The molecule has 0 spiro atoms. The van der Waals surface area contributed by atoms with Crippen molar-refractivity contribution in [1.82, 2.24) is 4.90 Å². The first-order chi connectivity index (χ1) is 10.5. The van der Waals surface area contributed by atoms with E-state index in [1.54, 1.807) is 0 Å². The second-order valence-electron chi connectivity index (χ2n) is 5.75. The molecule has 2 heterocycles. The lowest BCUT2D eigenvalue weighted by molar-refractivity contribution is 0.417. The first-order valence-corrected chi connectivity index (χ1v) is 9.76. The van der Waals surface area contributed by atoms with E-state index in [1.807, 2.05) is 49.8 Å². The van der Waals surface area contributed by atoms with Gasteiger partial charge in [-0.15, -0.1) is 23.7 Å². The highest BCUT2D eigenvalue weighted by Crippen LogP contribution is 2.39. The Kier molecular flexibility index (Phi) is 5.68. The molecule has 0 saturated carbocycles. The van der Waals surface area contributed by atoms with Gasteiger partial charge < -0.3 is 4.90 Å². The fourth-order valence-electron chi connectivity index (χ4n) is 2.75. The van der Waals surface area contributed by atoms with Gasteiger partial charge in [-0.2, -0.15) is 0 Å². The number of rotatable bonds is 3. The van der Waals surface area contributed by atoms with E-state index in [0.717, 1.165) is 35.2 Å². The van der Waals surface area contributed by atoms with Crippen LogP contribution in [0.15, 0.2) is 46.0 Å². The topological polar surface area (TPSA) is 37.4 Å². The minimum atomic E-state index is -3.26. The maximum Gasteiger partial charge on any atom is 0.192 e. The average molecular weight is 370 g/mol. The Bertz CT molecular complexity index is 823. The molecular formula is C17H20ClNO2S2. The van der Waals surface area contributed by atoms with Crippen molar-refractivity contribution in [1.29, 1.82) is 0 Å². The van der Waals surface area contributed by atoms with Crippen LogP contribution in [-0.2, 0) is 15.6 Å². The van der Waals surface area contributed by atoms with Crippen LogP contribution >= 0.6 is 23.7 Å². The van der Waals surface area contributed by atoms with Crippen molar-refractivity contribution >= 4 is 39.2 Å². The molecule has 0 N–H and O–H groups in total. The third-order valence-corrected chi connectivity index (χ3v) is 7.01. The summed E-state index contributed by atoms with van der Waals surface area (Å²) in [6.45, 7) is 0.942. The fraction of sp³-hybridized carbons (Fsp3) is 0.294. The predicted octanol–water partition coefficient (Wildman–Crippen LogP) is 3.84. The van der Waals surface area contributed by atoms with E-state index in [9.17, 15) is 8.42 Å². The van der Waals surface area contributed by atoms with Gasteiger partial charge in [-0.05, 0) is 48.7 Å². The number of thiophene rings is 1. The predicted molar refractivity (Wildman–Crippen MR) is 99.1 cm³/mol. The molecule has 0 amide bonds. The van der Waals surface area contributed by atoms with Crippen molar-refractivity contribution in [3.05, 3.63) is 58.5 Å². The molecule has 0 radical (unpaired) electrons. The molecule has 6 heteroatoms. The van der Waals surface area contributed by atoms with Crippen LogP contribution < -0.4 is 0 Å². The Morgan fingerprint density at radius 3 is 2.65 bits per heavy atom. The molecule has 1 aromatic carbocycles. The molecular weight excluding hydrogens is 350 g/mol. The van der Waals surface area contributed by atoms with Crippen molar-refractivity contribution in [2.45, 2.75) is 16.4 Å². The van der Waals surface area contributed by atoms with Crippen LogP contribution in [0.2, 0.25) is 0 Å². The van der Waals surface area contributed by atoms with Gasteiger partial charge >= 0.3 is 0 Å². The van der Waals surface area contributed by atoms with E-state index >= 15 is 0 Å². The average Bonchev–Trinajstić information content (AvgIpc) is 2.91. The standard InChI is InChI=1S/C17H19NO2S2.ClH/c1-18(2)10-5-8-15-14-7-4-3-6-13(14)12-22(19,20)17-16(15)9-11-21-17;/h3-4,6-9,11H,5,10,12H2,1-2H3;1H/b15-8+;. The van der Waals surface area contributed by atoms with Crippen molar-refractivity contribution < 1.29 is 8.42 Å². The van der Waals surface area contributed by atoms with Gasteiger partial charge in [-0.25, -0.2) is 8.42 Å². The Labute approximate surface area is 148 Å². The van der Waals surface area contributed by atoms with Gasteiger partial charge in [0, 0.05) is 12.1 Å². The first kappa shape index (κ1) is 18.2. The van der Waals surface area contributed by atoms with E-state index in [0.29, 0.717) is 4.21 Å². The number of halogens is 1. The van der Waals surface area contributed by atoms with Crippen molar-refractivity contribution in [3.8, 4) is 0 Å². The van der Waals surface area contributed by atoms with E-state index in [1.165, 1.54) is 11.3 Å². The molecule has 2 aromatic rings. The molecule has 0 atom stereocenters. The van der Waals surface area contributed by atoms with E-state index in [2.05, 4.69) is 11.0 Å². The quantitative estimate of drug-likeness (QED) is 0.824. The highest BCUT2D eigenvalue weighted by molar-refractivity contribution is 7.92. The zero-order chi connectivity index (χ0) is 15.7. The number of benzene rings is 1. The summed E-state index contributed by atoms with van der Waals surface area (Å²) in [5.74, 6) is 0.0850. The molecule has 0 saturated heterocycles. The minimum absolute atomic E-state index is 0. The highest BCUT2D eigenvalue weighted by atomic mass is 35.5. The van der Waals surface area contributed by atoms with Gasteiger partial charge in [-0.1, -0.05) is 30.3 Å². The molecule has 0 bridgehead atoms. The molecule has 1 aliphatic rings. The van der Waals surface area contributed by atoms with Crippen LogP contribution in [0.5, 0.6) is 0 Å². The summed E-state index contributed by atoms with van der Waals surface area (Å²) in [4.78, 5) is 2.13.